The molecule has 1 heterocycles. The van der Waals surface area contributed by atoms with Crippen molar-refractivity contribution in [3.63, 3.8) is 0 Å². The average Bonchev–Trinajstić information content (AvgIpc) is 2.84. The number of hydrogen-bond donors (Lipinski definition) is 0. The van der Waals surface area contributed by atoms with Gasteiger partial charge in [-0.1, -0.05) is 6.07 Å². The molecule has 1 saturated carbocycles. The second-order valence-corrected chi connectivity index (χ2v) is 3.41. The highest BCUT2D eigenvalue weighted by Crippen LogP contribution is 2.48. The zero-order valence-electron chi connectivity index (χ0n) is 6.81. The smallest absolute Gasteiger partial charge is 0.225 e. The quantitative estimate of drug-likeness (QED) is 0.713. The number of aromatic nitrogens is 1. The maximum Gasteiger partial charge on any atom is 0.225 e. The molecule has 2 nitrogen and oxygen atoms in total. The molecule has 13 heavy (non-hydrogen) atoms. The molecule has 2 unspecified atom stereocenters. The molecule has 1 aromatic rings. The molecule has 0 aliphatic heterocycles. The van der Waals surface area contributed by atoms with Gasteiger partial charge in [-0.25, -0.2) is 0 Å². The molecule has 1 fully saturated rings. The maximum atomic E-state index is 10.7. The molecule has 0 radical (unpaired) electrons. The van der Waals surface area contributed by atoms with E-state index < -0.39 is 0 Å². The number of carbonyl (C=O) groups is 1. The van der Waals surface area contributed by atoms with Crippen LogP contribution in [0.15, 0.2) is 24.5 Å². The van der Waals surface area contributed by atoms with E-state index in [-0.39, 0.29) is 23.6 Å². The van der Waals surface area contributed by atoms with Gasteiger partial charge >= 0.3 is 0 Å². The average molecular weight is 218 g/mol. The van der Waals surface area contributed by atoms with Gasteiger partial charge in [0.05, 0.1) is 0 Å². The van der Waals surface area contributed by atoms with Gasteiger partial charge in [-0.15, -0.1) is 12.4 Å². The second-order valence-electron chi connectivity index (χ2n) is 3.04. The van der Waals surface area contributed by atoms with Gasteiger partial charge in [-0.2, -0.15) is 0 Å². The first kappa shape index (κ1) is 10.5. The topological polar surface area (TPSA) is 30.0 Å². The van der Waals surface area contributed by atoms with Crippen molar-refractivity contribution < 1.29 is 4.79 Å². The van der Waals surface area contributed by atoms with Crippen molar-refractivity contribution in [2.24, 2.45) is 5.92 Å². The first-order valence-electron chi connectivity index (χ1n) is 3.88. The third-order valence-electron chi connectivity index (χ3n) is 2.19. The van der Waals surface area contributed by atoms with E-state index in [2.05, 4.69) is 4.98 Å². The van der Waals surface area contributed by atoms with E-state index in [0.717, 1.165) is 12.0 Å². The Kier molecular flexibility index (Phi) is 3.28. The minimum Gasteiger partial charge on any atom is -0.281 e. The summed E-state index contributed by atoms with van der Waals surface area (Å²) in [4.78, 5) is 14.7. The lowest BCUT2D eigenvalue weighted by molar-refractivity contribution is -0.112. The molecular formula is C9H9Cl2NO. The van der Waals surface area contributed by atoms with Crippen LogP contribution in [0, 0.1) is 5.92 Å². The Balaban J connectivity index is 0.000000845. The molecule has 0 amide bonds. The molecule has 0 N–H and O–H groups in total. The summed E-state index contributed by atoms with van der Waals surface area (Å²) >= 11 is 5.36. The fourth-order valence-electron chi connectivity index (χ4n) is 1.41. The number of nitrogens with zero attached hydrogens (tertiary/aromatic N) is 1. The van der Waals surface area contributed by atoms with Crippen molar-refractivity contribution in [3.8, 4) is 0 Å². The third kappa shape index (κ3) is 2.20. The number of pyridine rings is 1. The number of hydrogen-bond acceptors (Lipinski definition) is 2. The minimum atomic E-state index is -0.219. The predicted octanol–water partition coefficient (Wildman–Crippen LogP) is 2.37. The van der Waals surface area contributed by atoms with Crippen molar-refractivity contribution >= 4 is 29.3 Å². The first-order chi connectivity index (χ1) is 5.79. The van der Waals surface area contributed by atoms with Gasteiger partial charge in [0, 0.05) is 18.3 Å². The Morgan fingerprint density at radius 3 is 2.85 bits per heavy atom. The SMILES string of the molecule is Cl.O=C(Cl)C1CC1c1cccnc1. The van der Waals surface area contributed by atoms with Crippen molar-refractivity contribution in [2.75, 3.05) is 0 Å². The number of rotatable bonds is 2. The van der Waals surface area contributed by atoms with Gasteiger partial charge in [-0.3, -0.25) is 9.78 Å². The molecule has 2 rings (SSSR count). The van der Waals surface area contributed by atoms with E-state index >= 15 is 0 Å². The molecule has 2 atom stereocenters. The minimum absolute atomic E-state index is 0. The fraction of sp³-hybridized carbons (Fsp3) is 0.333. The van der Waals surface area contributed by atoms with Crippen LogP contribution in [0.4, 0.5) is 0 Å². The van der Waals surface area contributed by atoms with Crippen molar-refractivity contribution in [3.05, 3.63) is 30.1 Å². The Hall–Kier alpha value is -0.600. The van der Waals surface area contributed by atoms with Crippen LogP contribution in [0.3, 0.4) is 0 Å². The summed E-state index contributed by atoms with van der Waals surface area (Å²) in [6, 6.07) is 3.86. The molecule has 70 valence electrons. The van der Waals surface area contributed by atoms with Gasteiger partial charge in [0.25, 0.3) is 0 Å². The Labute approximate surface area is 87.7 Å². The Morgan fingerprint density at radius 2 is 2.38 bits per heavy atom. The van der Waals surface area contributed by atoms with E-state index in [9.17, 15) is 4.79 Å². The van der Waals surface area contributed by atoms with Gasteiger partial charge in [0.2, 0.25) is 5.24 Å². The summed E-state index contributed by atoms with van der Waals surface area (Å²) in [6.07, 6.45) is 4.40. The Bertz CT molecular complexity index is 302. The molecule has 1 aliphatic rings. The van der Waals surface area contributed by atoms with E-state index in [1.165, 1.54) is 0 Å². The first-order valence-corrected chi connectivity index (χ1v) is 4.26. The molecule has 0 aromatic carbocycles. The largest absolute Gasteiger partial charge is 0.281 e. The van der Waals surface area contributed by atoms with Gasteiger partial charge < -0.3 is 0 Å². The predicted molar refractivity (Wildman–Crippen MR) is 53.2 cm³/mol. The molecule has 1 aromatic heterocycles. The highest BCUT2D eigenvalue weighted by Gasteiger charge is 2.43. The number of carbonyl (C=O) groups excluding carboxylic acids is 1. The molecular weight excluding hydrogens is 209 g/mol. The second kappa shape index (κ2) is 4.07. The summed E-state index contributed by atoms with van der Waals surface area (Å²) in [6.45, 7) is 0. The molecule has 0 bridgehead atoms. The monoisotopic (exact) mass is 217 g/mol. The van der Waals surface area contributed by atoms with E-state index in [1.807, 2.05) is 12.1 Å². The van der Waals surface area contributed by atoms with Crippen molar-refractivity contribution in [1.82, 2.24) is 4.98 Å². The van der Waals surface area contributed by atoms with E-state index in [1.54, 1.807) is 12.4 Å². The zero-order chi connectivity index (χ0) is 8.55. The van der Waals surface area contributed by atoms with Crippen LogP contribution in [0.2, 0.25) is 0 Å². The van der Waals surface area contributed by atoms with Crippen LogP contribution < -0.4 is 0 Å². The van der Waals surface area contributed by atoms with Crippen LogP contribution in [-0.4, -0.2) is 10.2 Å². The van der Waals surface area contributed by atoms with Crippen LogP contribution in [0.1, 0.15) is 17.9 Å². The molecule has 0 saturated heterocycles. The lowest BCUT2D eigenvalue weighted by atomic mass is 10.1. The maximum absolute atomic E-state index is 10.7. The summed E-state index contributed by atoms with van der Waals surface area (Å²) in [5.41, 5.74) is 1.12. The summed E-state index contributed by atoms with van der Waals surface area (Å²) in [7, 11) is 0. The van der Waals surface area contributed by atoms with Gasteiger partial charge in [-0.05, 0) is 35.6 Å². The van der Waals surface area contributed by atoms with Gasteiger partial charge in [0.15, 0.2) is 0 Å². The summed E-state index contributed by atoms with van der Waals surface area (Å²) in [5, 5.41) is -0.219. The Morgan fingerprint density at radius 1 is 1.62 bits per heavy atom. The summed E-state index contributed by atoms with van der Waals surface area (Å²) < 4.78 is 0. The normalized spacial score (nSPS) is 24.7. The lowest BCUT2D eigenvalue weighted by Gasteiger charge is -1.94. The van der Waals surface area contributed by atoms with E-state index in [4.69, 9.17) is 11.6 Å². The molecule has 1 aliphatic carbocycles. The van der Waals surface area contributed by atoms with Crippen molar-refractivity contribution in [2.45, 2.75) is 12.3 Å². The third-order valence-corrected chi connectivity index (χ3v) is 2.47. The van der Waals surface area contributed by atoms with Gasteiger partial charge in [0.1, 0.15) is 0 Å². The van der Waals surface area contributed by atoms with Crippen LogP contribution in [0.5, 0.6) is 0 Å². The van der Waals surface area contributed by atoms with Crippen LogP contribution in [-0.2, 0) is 4.79 Å². The van der Waals surface area contributed by atoms with Crippen LogP contribution in [0.25, 0.3) is 0 Å². The van der Waals surface area contributed by atoms with E-state index in [0.29, 0.717) is 5.92 Å². The zero-order valence-corrected chi connectivity index (χ0v) is 8.39. The highest BCUT2D eigenvalue weighted by molar-refractivity contribution is 6.64. The summed E-state index contributed by atoms with van der Waals surface area (Å²) in [5.74, 6) is 0.361. The van der Waals surface area contributed by atoms with Crippen molar-refractivity contribution in [1.29, 1.82) is 0 Å². The number of halogens is 2. The lowest BCUT2D eigenvalue weighted by Crippen LogP contribution is -1.91. The molecule has 4 heteroatoms. The highest BCUT2D eigenvalue weighted by atomic mass is 35.5. The molecule has 0 spiro atoms. The fourth-order valence-corrected chi connectivity index (χ4v) is 1.65. The van der Waals surface area contributed by atoms with Crippen LogP contribution >= 0.6 is 24.0 Å². The standard InChI is InChI=1S/C9H8ClNO.ClH/c10-9(12)8-4-7(8)6-2-1-3-11-5-6;/h1-3,5,7-8H,4H2;1H.